The van der Waals surface area contributed by atoms with Gasteiger partial charge in [-0.05, 0) is 53.7 Å². The lowest BCUT2D eigenvalue weighted by Crippen LogP contribution is -2.48. The second-order valence-electron chi connectivity index (χ2n) is 6.40. The van der Waals surface area contributed by atoms with E-state index in [0.717, 1.165) is 15.4 Å². The molecule has 2 saturated carbocycles. The highest BCUT2D eigenvalue weighted by Crippen LogP contribution is 2.32. The van der Waals surface area contributed by atoms with Crippen molar-refractivity contribution in [2.24, 2.45) is 0 Å². The minimum atomic E-state index is 0.623. The van der Waals surface area contributed by atoms with Crippen LogP contribution in [-0.2, 0) is 0 Å². The normalized spacial score (nSPS) is 21.4. The molecule has 0 N–H and O–H groups in total. The Labute approximate surface area is 141 Å². The van der Waals surface area contributed by atoms with Gasteiger partial charge < -0.3 is 9.32 Å². The Morgan fingerprint density at radius 1 is 0.952 bits per heavy atom. The van der Waals surface area contributed by atoms with Gasteiger partial charge in [0.15, 0.2) is 10.4 Å². The highest BCUT2D eigenvalue weighted by atomic mass is 79.9. The standard InChI is InChI=1S/C17H24BrNOS/c18-16-12-11-15(20-16)17(21)19(13-7-3-1-4-8-13)14-9-5-2-6-10-14/h11-14H,1-10H2. The second kappa shape index (κ2) is 7.28. The molecular weight excluding hydrogens is 346 g/mol. The molecule has 1 heterocycles. The lowest BCUT2D eigenvalue weighted by Gasteiger charge is -2.43. The van der Waals surface area contributed by atoms with E-state index in [0.29, 0.717) is 12.1 Å². The predicted octanol–water partition coefficient (Wildman–Crippen LogP) is 5.69. The zero-order chi connectivity index (χ0) is 14.7. The molecule has 0 aromatic carbocycles. The van der Waals surface area contributed by atoms with Crippen molar-refractivity contribution in [3.05, 3.63) is 22.6 Å². The van der Waals surface area contributed by atoms with Crippen molar-refractivity contribution < 1.29 is 4.42 Å². The first-order chi connectivity index (χ1) is 10.3. The van der Waals surface area contributed by atoms with Crippen LogP contribution >= 0.6 is 28.1 Å². The third-order valence-corrected chi connectivity index (χ3v) is 5.79. The molecule has 2 nitrogen and oxygen atoms in total. The maximum Gasteiger partial charge on any atom is 0.170 e. The number of hydrogen-bond donors (Lipinski definition) is 0. The van der Waals surface area contributed by atoms with Gasteiger partial charge >= 0.3 is 0 Å². The first-order valence-corrected chi connectivity index (χ1v) is 9.54. The SMILES string of the molecule is S=C(c1ccc(Br)o1)N(C1CCCCC1)C1CCCCC1. The predicted molar refractivity (Wildman–Crippen MR) is 93.7 cm³/mol. The Balaban J connectivity index is 1.81. The van der Waals surface area contributed by atoms with Gasteiger partial charge in [0, 0.05) is 12.1 Å². The van der Waals surface area contributed by atoms with E-state index < -0.39 is 0 Å². The van der Waals surface area contributed by atoms with Gasteiger partial charge in [0.25, 0.3) is 0 Å². The first kappa shape index (κ1) is 15.5. The average molecular weight is 370 g/mol. The van der Waals surface area contributed by atoms with Gasteiger partial charge in [0.1, 0.15) is 4.99 Å². The van der Waals surface area contributed by atoms with Crippen molar-refractivity contribution in [2.75, 3.05) is 0 Å². The molecule has 0 unspecified atom stereocenters. The summed E-state index contributed by atoms with van der Waals surface area (Å²) >= 11 is 9.23. The van der Waals surface area contributed by atoms with Gasteiger partial charge in [-0.2, -0.15) is 0 Å². The summed E-state index contributed by atoms with van der Waals surface area (Å²) in [7, 11) is 0. The maximum atomic E-state index is 5.83. The number of nitrogens with zero attached hydrogens (tertiary/aromatic N) is 1. The summed E-state index contributed by atoms with van der Waals surface area (Å²) in [4.78, 5) is 3.48. The summed E-state index contributed by atoms with van der Waals surface area (Å²) in [6.07, 6.45) is 13.3. The molecule has 3 rings (SSSR count). The molecular formula is C17H24BrNOS. The minimum Gasteiger partial charge on any atom is -0.447 e. The number of furan rings is 1. The Kier molecular flexibility index (Phi) is 5.38. The quantitative estimate of drug-likeness (QED) is 0.637. The average Bonchev–Trinajstić information content (AvgIpc) is 2.96. The van der Waals surface area contributed by atoms with Crippen molar-refractivity contribution in [3.8, 4) is 0 Å². The Bertz CT molecular complexity index is 457. The van der Waals surface area contributed by atoms with Crippen LogP contribution in [0.15, 0.2) is 21.2 Å². The van der Waals surface area contributed by atoms with E-state index in [9.17, 15) is 0 Å². The smallest absolute Gasteiger partial charge is 0.170 e. The zero-order valence-corrected chi connectivity index (χ0v) is 14.9. The van der Waals surface area contributed by atoms with Crippen molar-refractivity contribution in [1.29, 1.82) is 0 Å². The van der Waals surface area contributed by atoms with Gasteiger partial charge in [-0.25, -0.2) is 0 Å². The van der Waals surface area contributed by atoms with Crippen LogP contribution < -0.4 is 0 Å². The molecule has 116 valence electrons. The van der Waals surface area contributed by atoms with Crippen molar-refractivity contribution in [3.63, 3.8) is 0 Å². The third-order valence-electron chi connectivity index (χ3n) is 4.95. The third kappa shape index (κ3) is 3.70. The molecule has 21 heavy (non-hydrogen) atoms. The van der Waals surface area contributed by atoms with Gasteiger partial charge in [0.2, 0.25) is 0 Å². The number of halogens is 1. The van der Waals surface area contributed by atoms with Crippen LogP contribution in [0.25, 0.3) is 0 Å². The Morgan fingerprint density at radius 2 is 1.48 bits per heavy atom. The van der Waals surface area contributed by atoms with Gasteiger partial charge in [-0.1, -0.05) is 50.7 Å². The molecule has 0 aliphatic heterocycles. The number of rotatable bonds is 3. The van der Waals surface area contributed by atoms with Gasteiger partial charge in [-0.3, -0.25) is 0 Å². The van der Waals surface area contributed by atoms with Crippen LogP contribution in [-0.4, -0.2) is 22.0 Å². The van der Waals surface area contributed by atoms with Crippen molar-refractivity contribution >= 4 is 33.1 Å². The monoisotopic (exact) mass is 369 g/mol. The molecule has 0 atom stereocenters. The molecule has 0 spiro atoms. The summed E-state index contributed by atoms with van der Waals surface area (Å²) in [6, 6.07) is 5.20. The van der Waals surface area contributed by atoms with E-state index in [1.807, 2.05) is 12.1 Å². The highest BCUT2D eigenvalue weighted by Gasteiger charge is 2.31. The first-order valence-electron chi connectivity index (χ1n) is 8.34. The minimum absolute atomic E-state index is 0.623. The fraction of sp³-hybridized carbons (Fsp3) is 0.706. The number of hydrogen-bond acceptors (Lipinski definition) is 2. The zero-order valence-electron chi connectivity index (χ0n) is 12.5. The molecule has 2 fully saturated rings. The Morgan fingerprint density at radius 3 is 1.90 bits per heavy atom. The van der Waals surface area contributed by atoms with E-state index in [4.69, 9.17) is 16.6 Å². The molecule has 1 aromatic heterocycles. The van der Waals surface area contributed by atoms with E-state index in [2.05, 4.69) is 20.8 Å². The summed E-state index contributed by atoms with van der Waals surface area (Å²) in [5.41, 5.74) is 0. The fourth-order valence-electron chi connectivity index (χ4n) is 3.90. The molecule has 0 amide bonds. The molecule has 2 aliphatic carbocycles. The van der Waals surface area contributed by atoms with Gasteiger partial charge in [-0.15, -0.1) is 0 Å². The second-order valence-corrected chi connectivity index (χ2v) is 7.57. The summed E-state index contributed by atoms with van der Waals surface area (Å²) < 4.78 is 6.51. The van der Waals surface area contributed by atoms with Crippen LogP contribution in [0.1, 0.15) is 70.0 Å². The fourth-order valence-corrected chi connectivity index (χ4v) is 4.62. The number of thiocarbonyl (C=S) groups is 1. The largest absolute Gasteiger partial charge is 0.447 e. The summed E-state index contributed by atoms with van der Waals surface area (Å²) in [5, 5.41) is 0. The van der Waals surface area contributed by atoms with E-state index in [1.54, 1.807) is 0 Å². The topological polar surface area (TPSA) is 16.4 Å². The van der Waals surface area contributed by atoms with Crippen LogP contribution in [0.2, 0.25) is 0 Å². The van der Waals surface area contributed by atoms with Crippen molar-refractivity contribution in [1.82, 2.24) is 4.90 Å². The molecule has 4 heteroatoms. The lowest BCUT2D eigenvalue weighted by molar-refractivity contribution is 0.159. The molecule has 0 radical (unpaired) electrons. The molecule has 1 aromatic rings. The highest BCUT2D eigenvalue weighted by molar-refractivity contribution is 9.10. The Hall–Kier alpha value is -0.350. The molecule has 0 bridgehead atoms. The van der Waals surface area contributed by atoms with Crippen LogP contribution in [0.3, 0.4) is 0 Å². The van der Waals surface area contributed by atoms with Crippen LogP contribution in [0.5, 0.6) is 0 Å². The maximum absolute atomic E-state index is 5.83. The molecule has 0 saturated heterocycles. The van der Waals surface area contributed by atoms with Gasteiger partial charge in [0.05, 0.1) is 0 Å². The van der Waals surface area contributed by atoms with Crippen LogP contribution in [0.4, 0.5) is 0 Å². The van der Waals surface area contributed by atoms with Crippen molar-refractivity contribution in [2.45, 2.75) is 76.3 Å². The van der Waals surface area contributed by atoms with E-state index >= 15 is 0 Å². The van der Waals surface area contributed by atoms with E-state index in [-0.39, 0.29) is 0 Å². The lowest BCUT2D eigenvalue weighted by atomic mass is 9.88. The molecule has 2 aliphatic rings. The van der Waals surface area contributed by atoms with E-state index in [1.165, 1.54) is 64.2 Å². The summed E-state index contributed by atoms with van der Waals surface area (Å²) in [6.45, 7) is 0. The summed E-state index contributed by atoms with van der Waals surface area (Å²) in [5.74, 6) is 0.855. The van der Waals surface area contributed by atoms with Crippen LogP contribution in [0, 0.1) is 0 Å².